The van der Waals surface area contributed by atoms with E-state index in [9.17, 15) is 5.11 Å². The molecule has 0 aromatic heterocycles. The fraction of sp³-hybridized carbons (Fsp3) is 0.409. The summed E-state index contributed by atoms with van der Waals surface area (Å²) >= 11 is 0. The van der Waals surface area contributed by atoms with Crippen molar-refractivity contribution in [3.8, 4) is 11.5 Å². The summed E-state index contributed by atoms with van der Waals surface area (Å²) in [5.41, 5.74) is 2.02. The minimum Gasteiger partial charge on any atom is -0.493 e. The van der Waals surface area contributed by atoms with Crippen LogP contribution in [0.3, 0.4) is 0 Å². The molecule has 0 amide bonds. The molecule has 0 radical (unpaired) electrons. The summed E-state index contributed by atoms with van der Waals surface area (Å²) in [6.45, 7) is 7.57. The highest BCUT2D eigenvalue weighted by molar-refractivity contribution is 5.79. The average molecular weight is 386 g/mol. The third kappa shape index (κ3) is 6.78. The van der Waals surface area contributed by atoms with Crippen molar-refractivity contribution in [2.75, 3.05) is 26.7 Å². The van der Waals surface area contributed by atoms with Gasteiger partial charge in [-0.15, -0.1) is 0 Å². The molecular formula is C22H31N3O3. The van der Waals surface area contributed by atoms with Crippen molar-refractivity contribution in [2.45, 2.75) is 33.0 Å². The highest BCUT2D eigenvalue weighted by Crippen LogP contribution is 2.26. The molecule has 0 spiro atoms. The van der Waals surface area contributed by atoms with Crippen LogP contribution < -0.4 is 20.1 Å². The fourth-order valence-electron chi connectivity index (χ4n) is 2.63. The number of methoxy groups -OCH3 is 1. The molecule has 0 aliphatic carbocycles. The van der Waals surface area contributed by atoms with Crippen LogP contribution in [0.2, 0.25) is 0 Å². The van der Waals surface area contributed by atoms with Gasteiger partial charge < -0.3 is 25.2 Å². The van der Waals surface area contributed by atoms with Crippen LogP contribution in [0.4, 0.5) is 0 Å². The number of hydrogen-bond acceptors (Lipinski definition) is 4. The number of hydrogen-bond donors (Lipinski definition) is 3. The summed E-state index contributed by atoms with van der Waals surface area (Å²) < 4.78 is 11.3. The predicted molar refractivity (Wildman–Crippen MR) is 113 cm³/mol. The van der Waals surface area contributed by atoms with Crippen LogP contribution in [0.25, 0.3) is 0 Å². The third-order valence-electron chi connectivity index (χ3n) is 4.18. The standard InChI is InChI=1S/C22H31N3O3/c1-5-23-22(25-15-19(26)18-12-10-16(2)11-13-18)24-14-17(3)28-21-9-7-6-8-20(21)27-4/h6-13,17,19,26H,5,14-15H2,1-4H3,(H2,23,24,25). The van der Waals surface area contributed by atoms with Crippen LogP contribution in [-0.2, 0) is 0 Å². The van der Waals surface area contributed by atoms with Gasteiger partial charge in [-0.3, -0.25) is 4.99 Å². The van der Waals surface area contributed by atoms with Crippen LogP contribution in [0, 0.1) is 6.92 Å². The van der Waals surface area contributed by atoms with Gasteiger partial charge in [0.1, 0.15) is 6.10 Å². The van der Waals surface area contributed by atoms with Crippen molar-refractivity contribution in [1.29, 1.82) is 0 Å². The number of nitrogens with one attached hydrogen (secondary N) is 2. The summed E-state index contributed by atoms with van der Waals surface area (Å²) in [6, 6.07) is 15.4. The number of ether oxygens (including phenoxy) is 2. The number of nitrogens with zero attached hydrogens (tertiary/aromatic N) is 1. The van der Waals surface area contributed by atoms with E-state index >= 15 is 0 Å². The number of para-hydroxylation sites is 2. The van der Waals surface area contributed by atoms with Crippen molar-refractivity contribution in [1.82, 2.24) is 10.6 Å². The highest BCUT2D eigenvalue weighted by atomic mass is 16.5. The quantitative estimate of drug-likeness (QED) is 0.457. The summed E-state index contributed by atoms with van der Waals surface area (Å²) in [7, 11) is 1.63. The first-order valence-corrected chi connectivity index (χ1v) is 9.60. The maximum absolute atomic E-state index is 10.4. The molecule has 6 heteroatoms. The van der Waals surface area contributed by atoms with Gasteiger partial charge in [-0.1, -0.05) is 42.0 Å². The van der Waals surface area contributed by atoms with Crippen LogP contribution in [0.1, 0.15) is 31.1 Å². The Morgan fingerprint density at radius 1 is 1.07 bits per heavy atom. The Kier molecular flexibility index (Phi) is 8.62. The first-order valence-electron chi connectivity index (χ1n) is 9.60. The molecule has 0 aliphatic rings. The van der Waals surface area contributed by atoms with Crippen LogP contribution in [-0.4, -0.2) is 43.9 Å². The Hall–Kier alpha value is -2.73. The van der Waals surface area contributed by atoms with E-state index in [0.29, 0.717) is 24.0 Å². The van der Waals surface area contributed by atoms with Gasteiger partial charge in [-0.05, 0) is 38.5 Å². The molecule has 2 aromatic carbocycles. The summed E-state index contributed by atoms with van der Waals surface area (Å²) in [5, 5.41) is 16.8. The monoisotopic (exact) mass is 385 g/mol. The van der Waals surface area contributed by atoms with Gasteiger partial charge in [0.25, 0.3) is 0 Å². The van der Waals surface area contributed by atoms with Crippen molar-refractivity contribution in [3.63, 3.8) is 0 Å². The smallest absolute Gasteiger partial charge is 0.191 e. The van der Waals surface area contributed by atoms with Gasteiger partial charge in [0.05, 0.1) is 26.3 Å². The molecule has 152 valence electrons. The van der Waals surface area contributed by atoms with E-state index in [2.05, 4.69) is 15.6 Å². The second kappa shape index (κ2) is 11.2. The van der Waals surface area contributed by atoms with E-state index < -0.39 is 6.10 Å². The zero-order chi connectivity index (χ0) is 20.4. The van der Waals surface area contributed by atoms with E-state index in [-0.39, 0.29) is 12.6 Å². The molecule has 0 aliphatic heterocycles. The number of aliphatic imine (C=N–C) groups is 1. The number of benzene rings is 2. The number of rotatable bonds is 9. The molecule has 2 rings (SSSR count). The number of guanidine groups is 1. The Bertz CT molecular complexity index is 747. The molecule has 3 N–H and O–H groups in total. The minimum atomic E-state index is -0.640. The molecule has 2 aromatic rings. The largest absolute Gasteiger partial charge is 0.493 e. The molecule has 0 saturated heterocycles. The van der Waals surface area contributed by atoms with E-state index in [4.69, 9.17) is 9.47 Å². The average Bonchev–Trinajstić information content (AvgIpc) is 2.70. The van der Waals surface area contributed by atoms with Gasteiger partial charge in [-0.2, -0.15) is 0 Å². The molecule has 28 heavy (non-hydrogen) atoms. The van der Waals surface area contributed by atoms with Gasteiger partial charge in [0.15, 0.2) is 17.5 Å². The van der Waals surface area contributed by atoms with Crippen molar-refractivity contribution >= 4 is 5.96 Å². The van der Waals surface area contributed by atoms with Crippen LogP contribution >= 0.6 is 0 Å². The maximum Gasteiger partial charge on any atom is 0.191 e. The second-order valence-corrected chi connectivity index (χ2v) is 6.61. The van der Waals surface area contributed by atoms with Gasteiger partial charge in [0.2, 0.25) is 0 Å². The molecule has 2 atom stereocenters. The Labute approximate surface area is 167 Å². The summed E-state index contributed by atoms with van der Waals surface area (Å²) in [5.74, 6) is 2.05. The van der Waals surface area contributed by atoms with Crippen molar-refractivity contribution < 1.29 is 14.6 Å². The predicted octanol–water partition coefficient (Wildman–Crippen LogP) is 3.06. The maximum atomic E-state index is 10.4. The van der Waals surface area contributed by atoms with Crippen LogP contribution in [0.15, 0.2) is 53.5 Å². The molecule has 0 bridgehead atoms. The normalized spacial score (nSPS) is 13.5. The Balaban J connectivity index is 1.90. The van der Waals surface area contributed by atoms with Crippen LogP contribution in [0.5, 0.6) is 11.5 Å². The number of aliphatic hydroxyl groups excluding tert-OH is 1. The lowest BCUT2D eigenvalue weighted by atomic mass is 10.1. The van der Waals surface area contributed by atoms with E-state index in [1.165, 1.54) is 5.56 Å². The SMILES string of the molecule is CCNC(=NCC(O)c1ccc(C)cc1)NCC(C)Oc1ccccc1OC. The van der Waals surface area contributed by atoms with Gasteiger partial charge in [0, 0.05) is 6.54 Å². The lowest BCUT2D eigenvalue weighted by molar-refractivity contribution is 0.187. The zero-order valence-corrected chi connectivity index (χ0v) is 17.1. The highest BCUT2D eigenvalue weighted by Gasteiger charge is 2.11. The van der Waals surface area contributed by atoms with Crippen molar-refractivity contribution in [3.05, 3.63) is 59.7 Å². The van der Waals surface area contributed by atoms with Gasteiger partial charge in [-0.25, -0.2) is 0 Å². The van der Waals surface area contributed by atoms with Crippen molar-refractivity contribution in [2.24, 2.45) is 4.99 Å². The van der Waals surface area contributed by atoms with E-state index in [0.717, 1.165) is 12.1 Å². The van der Waals surface area contributed by atoms with E-state index in [1.807, 2.05) is 69.3 Å². The van der Waals surface area contributed by atoms with E-state index in [1.54, 1.807) is 7.11 Å². The third-order valence-corrected chi connectivity index (χ3v) is 4.18. The molecule has 0 fully saturated rings. The molecule has 0 saturated carbocycles. The number of aliphatic hydroxyl groups is 1. The lowest BCUT2D eigenvalue weighted by Gasteiger charge is -2.19. The zero-order valence-electron chi connectivity index (χ0n) is 17.1. The fourth-order valence-corrected chi connectivity index (χ4v) is 2.63. The number of aryl methyl sites for hydroxylation is 1. The summed E-state index contributed by atoms with van der Waals surface area (Å²) in [6.07, 6.45) is -0.736. The second-order valence-electron chi connectivity index (χ2n) is 6.61. The molecule has 6 nitrogen and oxygen atoms in total. The molecular weight excluding hydrogens is 354 g/mol. The van der Waals surface area contributed by atoms with Gasteiger partial charge >= 0.3 is 0 Å². The Morgan fingerprint density at radius 3 is 2.39 bits per heavy atom. The minimum absolute atomic E-state index is 0.0952. The molecule has 2 unspecified atom stereocenters. The molecule has 0 heterocycles. The first kappa shape index (κ1) is 21.6. The lowest BCUT2D eigenvalue weighted by Crippen LogP contribution is -2.42. The Morgan fingerprint density at radius 2 is 1.75 bits per heavy atom. The first-order chi connectivity index (χ1) is 13.5. The topological polar surface area (TPSA) is 75.1 Å². The summed E-state index contributed by atoms with van der Waals surface area (Å²) in [4.78, 5) is 4.49.